The number of aliphatic hydroxyl groups excluding tert-OH is 1. The van der Waals surface area contributed by atoms with Gasteiger partial charge in [-0.05, 0) is 31.0 Å². The highest BCUT2D eigenvalue weighted by atomic mass is 32.2. The van der Waals surface area contributed by atoms with E-state index in [4.69, 9.17) is 10.2 Å². The van der Waals surface area contributed by atoms with E-state index >= 15 is 0 Å². The van der Waals surface area contributed by atoms with E-state index in [0.29, 0.717) is 6.42 Å². The van der Waals surface area contributed by atoms with Crippen molar-refractivity contribution in [3.05, 3.63) is 29.3 Å². The molecule has 106 valence electrons. The molecule has 0 saturated heterocycles. The van der Waals surface area contributed by atoms with E-state index in [1.807, 2.05) is 0 Å². The molecular formula is C12H17NO5S. The number of carbonyl (C=O) groups is 1. The Morgan fingerprint density at radius 3 is 2.53 bits per heavy atom. The van der Waals surface area contributed by atoms with E-state index in [9.17, 15) is 13.2 Å². The second-order valence-corrected chi connectivity index (χ2v) is 5.83. The summed E-state index contributed by atoms with van der Waals surface area (Å²) in [5.74, 6) is -1.18. The van der Waals surface area contributed by atoms with Gasteiger partial charge in [0.25, 0.3) is 0 Å². The Morgan fingerprint density at radius 2 is 2.05 bits per heavy atom. The molecule has 0 spiro atoms. The van der Waals surface area contributed by atoms with Crippen molar-refractivity contribution in [2.45, 2.75) is 31.2 Å². The molecule has 0 bridgehead atoms. The molecule has 0 aromatic heterocycles. The van der Waals surface area contributed by atoms with Gasteiger partial charge < -0.3 is 10.2 Å². The molecule has 0 aliphatic rings. The molecule has 0 saturated carbocycles. The van der Waals surface area contributed by atoms with Crippen LogP contribution in [0.3, 0.4) is 0 Å². The topological polar surface area (TPSA) is 104 Å². The van der Waals surface area contributed by atoms with Gasteiger partial charge in [-0.15, -0.1) is 0 Å². The summed E-state index contributed by atoms with van der Waals surface area (Å²) >= 11 is 0. The molecule has 0 aliphatic heterocycles. The molecular weight excluding hydrogens is 270 g/mol. The van der Waals surface area contributed by atoms with Crippen LogP contribution < -0.4 is 4.72 Å². The van der Waals surface area contributed by atoms with E-state index < -0.39 is 22.0 Å². The number of carboxylic acid groups (broad SMARTS) is 1. The predicted octanol–water partition coefficient (Wildman–Crippen LogP) is 0.742. The third-order valence-electron chi connectivity index (χ3n) is 2.84. The first kappa shape index (κ1) is 15.6. The van der Waals surface area contributed by atoms with Crippen LogP contribution in [-0.4, -0.2) is 37.2 Å². The zero-order valence-electron chi connectivity index (χ0n) is 10.8. The molecule has 3 N–H and O–H groups in total. The fraction of sp³-hybridized carbons (Fsp3) is 0.417. The Balaban J connectivity index is 3.22. The highest BCUT2D eigenvalue weighted by Gasteiger charge is 2.23. The van der Waals surface area contributed by atoms with Gasteiger partial charge in [-0.25, -0.2) is 17.9 Å². The van der Waals surface area contributed by atoms with Crippen molar-refractivity contribution < 1.29 is 23.4 Å². The number of aliphatic hydroxyl groups is 1. The Kier molecular flexibility index (Phi) is 5.04. The maximum absolute atomic E-state index is 12.1. The van der Waals surface area contributed by atoms with Crippen molar-refractivity contribution in [3.8, 4) is 0 Å². The van der Waals surface area contributed by atoms with Crippen LogP contribution >= 0.6 is 0 Å². The summed E-state index contributed by atoms with van der Waals surface area (Å²) in [6.07, 6.45) is 0.438. The number of sulfonamides is 1. The molecule has 0 heterocycles. The van der Waals surface area contributed by atoms with E-state index in [0.717, 1.165) is 0 Å². The van der Waals surface area contributed by atoms with Crippen molar-refractivity contribution in [3.63, 3.8) is 0 Å². The Morgan fingerprint density at radius 1 is 1.42 bits per heavy atom. The van der Waals surface area contributed by atoms with Gasteiger partial charge in [-0.3, -0.25) is 0 Å². The minimum absolute atomic E-state index is 0.0556. The summed E-state index contributed by atoms with van der Waals surface area (Å²) in [6.45, 7) is 2.87. The zero-order valence-corrected chi connectivity index (χ0v) is 11.6. The smallest absolute Gasteiger partial charge is 0.335 e. The van der Waals surface area contributed by atoms with E-state index in [1.165, 1.54) is 25.1 Å². The van der Waals surface area contributed by atoms with Crippen LogP contribution in [0.25, 0.3) is 0 Å². The predicted molar refractivity (Wildman–Crippen MR) is 69.6 cm³/mol. The first-order valence-electron chi connectivity index (χ1n) is 5.79. The summed E-state index contributed by atoms with van der Waals surface area (Å²) in [7, 11) is -3.84. The molecule has 0 radical (unpaired) electrons. The van der Waals surface area contributed by atoms with Crippen LogP contribution in [-0.2, 0) is 10.0 Å². The van der Waals surface area contributed by atoms with Crippen LogP contribution in [0.5, 0.6) is 0 Å². The number of nitrogens with one attached hydrogen (secondary N) is 1. The minimum atomic E-state index is -3.84. The molecule has 0 fully saturated rings. The maximum atomic E-state index is 12.1. The fourth-order valence-corrected chi connectivity index (χ4v) is 3.25. The van der Waals surface area contributed by atoms with Crippen LogP contribution in [0.15, 0.2) is 23.1 Å². The summed E-state index contributed by atoms with van der Waals surface area (Å²) in [4.78, 5) is 10.9. The van der Waals surface area contributed by atoms with E-state index in [1.54, 1.807) is 6.92 Å². The lowest BCUT2D eigenvalue weighted by molar-refractivity contribution is 0.0696. The quantitative estimate of drug-likeness (QED) is 0.716. The number of carboxylic acids is 1. The van der Waals surface area contributed by atoms with Crippen LogP contribution in [0.1, 0.15) is 29.3 Å². The molecule has 0 unspecified atom stereocenters. The average Bonchev–Trinajstić information content (AvgIpc) is 2.35. The Hall–Kier alpha value is -1.44. The van der Waals surface area contributed by atoms with E-state index in [2.05, 4.69) is 4.72 Å². The monoisotopic (exact) mass is 287 g/mol. The molecule has 6 nitrogen and oxygen atoms in total. The van der Waals surface area contributed by atoms with Crippen molar-refractivity contribution in [1.29, 1.82) is 0 Å². The third kappa shape index (κ3) is 3.52. The Bertz CT molecular complexity index is 563. The molecule has 7 heteroatoms. The summed E-state index contributed by atoms with van der Waals surface area (Å²) in [5, 5.41) is 18.0. The molecule has 0 amide bonds. The minimum Gasteiger partial charge on any atom is -0.478 e. The second-order valence-electron chi connectivity index (χ2n) is 4.14. The van der Waals surface area contributed by atoms with Crippen LogP contribution in [0.2, 0.25) is 0 Å². The Labute approximate surface area is 112 Å². The number of aromatic carboxylic acids is 1. The van der Waals surface area contributed by atoms with Gasteiger partial charge in [-0.1, -0.05) is 13.0 Å². The number of hydrogen-bond acceptors (Lipinski definition) is 4. The summed E-state index contributed by atoms with van der Waals surface area (Å²) < 4.78 is 26.6. The zero-order chi connectivity index (χ0) is 14.6. The van der Waals surface area contributed by atoms with Gasteiger partial charge in [0, 0.05) is 6.04 Å². The van der Waals surface area contributed by atoms with Gasteiger partial charge in [0.2, 0.25) is 10.0 Å². The molecule has 19 heavy (non-hydrogen) atoms. The molecule has 0 aliphatic carbocycles. The lowest BCUT2D eigenvalue weighted by Crippen LogP contribution is -2.37. The maximum Gasteiger partial charge on any atom is 0.335 e. The standard InChI is InChI=1S/C12H17NO5S/c1-3-9(7-14)13-19(17,18)11-6-4-5-10(8(11)2)12(15)16/h4-6,9,13-14H,3,7H2,1-2H3,(H,15,16)/t9-/m0/s1. The van der Waals surface area contributed by atoms with Gasteiger partial charge in [0.1, 0.15) is 0 Å². The first-order chi connectivity index (χ1) is 8.83. The number of hydrogen-bond donors (Lipinski definition) is 3. The van der Waals surface area contributed by atoms with Crippen molar-refractivity contribution >= 4 is 16.0 Å². The van der Waals surface area contributed by atoms with Crippen LogP contribution in [0, 0.1) is 6.92 Å². The normalized spacial score (nSPS) is 13.2. The van der Waals surface area contributed by atoms with Crippen molar-refractivity contribution in [2.24, 2.45) is 0 Å². The first-order valence-corrected chi connectivity index (χ1v) is 7.27. The summed E-state index contributed by atoms with van der Waals surface area (Å²) in [6, 6.07) is 3.48. The molecule has 1 atom stereocenters. The molecule has 1 rings (SSSR count). The number of rotatable bonds is 6. The molecule has 1 aromatic carbocycles. The van der Waals surface area contributed by atoms with Crippen molar-refractivity contribution in [2.75, 3.05) is 6.61 Å². The van der Waals surface area contributed by atoms with E-state index in [-0.39, 0.29) is 22.6 Å². The number of benzene rings is 1. The van der Waals surface area contributed by atoms with Gasteiger partial charge >= 0.3 is 5.97 Å². The highest BCUT2D eigenvalue weighted by Crippen LogP contribution is 2.19. The van der Waals surface area contributed by atoms with Crippen molar-refractivity contribution in [1.82, 2.24) is 4.72 Å². The second kappa shape index (κ2) is 6.14. The SMILES string of the molecule is CC[C@@H](CO)NS(=O)(=O)c1cccc(C(=O)O)c1C. The average molecular weight is 287 g/mol. The lowest BCUT2D eigenvalue weighted by atomic mass is 10.1. The fourth-order valence-electron chi connectivity index (χ4n) is 1.67. The van der Waals surface area contributed by atoms with Gasteiger partial charge in [-0.2, -0.15) is 0 Å². The molecule has 1 aromatic rings. The van der Waals surface area contributed by atoms with Crippen LogP contribution in [0.4, 0.5) is 0 Å². The largest absolute Gasteiger partial charge is 0.478 e. The lowest BCUT2D eigenvalue weighted by Gasteiger charge is -2.16. The van der Waals surface area contributed by atoms with Gasteiger partial charge in [0.05, 0.1) is 17.1 Å². The summed E-state index contributed by atoms with van der Waals surface area (Å²) in [5.41, 5.74) is 0.121. The third-order valence-corrected chi connectivity index (χ3v) is 4.50. The highest BCUT2D eigenvalue weighted by molar-refractivity contribution is 7.89. The van der Waals surface area contributed by atoms with Gasteiger partial charge in [0.15, 0.2) is 0 Å².